The van der Waals surface area contributed by atoms with Crippen molar-refractivity contribution in [1.29, 1.82) is 0 Å². The first-order chi connectivity index (χ1) is 24.7. The minimum Gasteiger partial charge on any atom is -0.158 e. The van der Waals surface area contributed by atoms with Gasteiger partial charge in [-0.1, -0.05) is 120 Å². The summed E-state index contributed by atoms with van der Waals surface area (Å²) < 4.78 is 4.96. The van der Waals surface area contributed by atoms with Gasteiger partial charge < -0.3 is 0 Å². The van der Waals surface area contributed by atoms with E-state index >= 15 is 0 Å². The molecule has 2 aromatic heterocycles. The van der Waals surface area contributed by atoms with Crippen LogP contribution in [0.4, 0.5) is 0 Å². The zero-order valence-electron chi connectivity index (χ0n) is 30.1. The van der Waals surface area contributed by atoms with Crippen LogP contribution in [0.3, 0.4) is 0 Å². The summed E-state index contributed by atoms with van der Waals surface area (Å²) in [6, 6.07) is 47.9. The van der Waals surface area contributed by atoms with Crippen molar-refractivity contribution < 1.29 is 9.13 Å². The molecule has 2 nitrogen and oxygen atoms in total. The number of pyridine rings is 2. The van der Waals surface area contributed by atoms with Gasteiger partial charge in [-0.2, -0.15) is 9.13 Å². The number of aromatic nitrogens is 2. The predicted octanol–water partition coefficient (Wildman–Crippen LogP) is 11.0. The number of fused-ring (bicyclic) bond motifs is 11. The third-order valence-corrected chi connectivity index (χ3v) is 11.8. The SMILES string of the molecule is CC(C)(C)c1ccc2c(c1)-c1cc(-c3ccccc3)cc[n+]1/C(=C1\Cc3cc4c(cc3-c3cccc[n+]31)-c1ccc3ccccc3c1C4(C)C)C2. The fourth-order valence-electron chi connectivity index (χ4n) is 9.17. The van der Waals surface area contributed by atoms with Gasteiger partial charge in [0.2, 0.25) is 11.4 Å². The number of benzene rings is 5. The number of hydrogen-bond acceptors (Lipinski definition) is 0. The molecular formula is C49H42N2+2. The molecule has 246 valence electrons. The summed E-state index contributed by atoms with van der Waals surface area (Å²) >= 11 is 0. The lowest BCUT2D eigenvalue weighted by atomic mass is 9.78. The molecule has 0 fully saturated rings. The number of rotatable bonds is 1. The van der Waals surface area contributed by atoms with Crippen molar-refractivity contribution in [3.8, 4) is 44.8 Å². The third kappa shape index (κ3) is 4.49. The first-order valence-corrected chi connectivity index (χ1v) is 18.4. The van der Waals surface area contributed by atoms with E-state index in [1.54, 1.807) is 0 Å². The minimum absolute atomic E-state index is 0.0670. The summed E-state index contributed by atoms with van der Waals surface area (Å²) in [5, 5.41) is 2.68. The monoisotopic (exact) mass is 658 g/mol. The van der Waals surface area contributed by atoms with Crippen LogP contribution in [0.2, 0.25) is 0 Å². The summed E-state index contributed by atoms with van der Waals surface area (Å²) in [5.74, 6) is 0. The molecule has 0 radical (unpaired) electrons. The van der Waals surface area contributed by atoms with Crippen molar-refractivity contribution in [2.75, 3.05) is 0 Å². The van der Waals surface area contributed by atoms with Crippen LogP contribution in [0.25, 0.3) is 66.9 Å². The Balaban J connectivity index is 1.19. The lowest BCUT2D eigenvalue weighted by Crippen LogP contribution is -2.47. The van der Waals surface area contributed by atoms with Crippen molar-refractivity contribution in [1.82, 2.24) is 0 Å². The highest BCUT2D eigenvalue weighted by atomic mass is 15.1. The van der Waals surface area contributed by atoms with Gasteiger partial charge in [0.1, 0.15) is 0 Å². The van der Waals surface area contributed by atoms with Crippen LogP contribution in [0, 0.1) is 0 Å². The second-order valence-electron chi connectivity index (χ2n) is 16.3. The van der Waals surface area contributed by atoms with Crippen LogP contribution in [-0.2, 0) is 23.7 Å². The summed E-state index contributed by atoms with van der Waals surface area (Å²) in [6.45, 7) is 11.8. The largest absolute Gasteiger partial charge is 0.259 e. The summed E-state index contributed by atoms with van der Waals surface area (Å²) in [4.78, 5) is 0. The van der Waals surface area contributed by atoms with Crippen molar-refractivity contribution in [2.24, 2.45) is 0 Å². The fourth-order valence-corrected chi connectivity index (χ4v) is 9.17. The van der Waals surface area contributed by atoms with E-state index < -0.39 is 0 Å². The van der Waals surface area contributed by atoms with Gasteiger partial charge in [-0.15, -0.1) is 0 Å². The molecular weight excluding hydrogens is 617 g/mol. The fraction of sp³-hybridized carbons (Fsp3) is 0.184. The second kappa shape index (κ2) is 10.7. The molecule has 2 aliphatic heterocycles. The lowest BCUT2D eigenvalue weighted by Gasteiger charge is -2.26. The standard InChI is InChI=1S/C49H42N2/c1-48(2,3)36-20-18-34-27-45(51-24-22-33(26-44(51)39(34)29-36)31-13-7-6-8-14-31)46-28-35-25-42-41(30-40(35)43-17-11-12-23-50(43)46)38-21-19-32-15-9-10-16-37(32)47(38)49(42,4)5/h6-26,29-30H,27-28H2,1-5H3/q+2/b46-45+. The molecule has 0 atom stereocenters. The van der Waals surface area contributed by atoms with Crippen molar-refractivity contribution in [2.45, 2.75) is 58.3 Å². The highest BCUT2D eigenvalue weighted by Crippen LogP contribution is 2.53. The molecule has 0 saturated heterocycles. The third-order valence-electron chi connectivity index (χ3n) is 11.8. The number of nitrogens with zero attached hydrogens (tertiary/aromatic N) is 2. The molecule has 1 aliphatic carbocycles. The van der Waals surface area contributed by atoms with E-state index in [9.17, 15) is 0 Å². The van der Waals surface area contributed by atoms with E-state index in [1.165, 1.54) is 94.8 Å². The first-order valence-electron chi connectivity index (χ1n) is 18.4. The molecule has 4 heterocycles. The van der Waals surface area contributed by atoms with E-state index in [0.29, 0.717) is 0 Å². The maximum Gasteiger partial charge on any atom is 0.259 e. The van der Waals surface area contributed by atoms with Gasteiger partial charge in [0.05, 0.1) is 24.0 Å². The highest BCUT2D eigenvalue weighted by molar-refractivity contribution is 5.98. The smallest absolute Gasteiger partial charge is 0.158 e. The Morgan fingerprint density at radius 1 is 0.529 bits per heavy atom. The van der Waals surface area contributed by atoms with E-state index in [1.807, 2.05) is 0 Å². The van der Waals surface area contributed by atoms with Gasteiger partial charge in [0, 0.05) is 29.7 Å². The van der Waals surface area contributed by atoms with Gasteiger partial charge in [0.15, 0.2) is 12.4 Å². The highest BCUT2D eigenvalue weighted by Gasteiger charge is 2.42. The van der Waals surface area contributed by atoms with Crippen molar-refractivity contribution in [3.63, 3.8) is 0 Å². The van der Waals surface area contributed by atoms with Crippen LogP contribution in [-0.4, -0.2) is 0 Å². The Kier molecular flexibility index (Phi) is 6.35. The topological polar surface area (TPSA) is 7.76 Å². The van der Waals surface area contributed by atoms with Crippen LogP contribution in [0.1, 0.15) is 62.4 Å². The van der Waals surface area contributed by atoms with Crippen LogP contribution in [0.15, 0.2) is 140 Å². The normalized spacial score (nSPS) is 16.5. The van der Waals surface area contributed by atoms with E-state index in [4.69, 9.17) is 0 Å². The molecule has 0 unspecified atom stereocenters. The molecule has 10 rings (SSSR count). The molecule has 3 aliphatic rings. The van der Waals surface area contributed by atoms with Crippen LogP contribution >= 0.6 is 0 Å². The maximum absolute atomic E-state index is 2.55. The zero-order valence-corrected chi connectivity index (χ0v) is 30.1. The summed E-state index contributed by atoms with van der Waals surface area (Å²) in [5.41, 5.74) is 20.1. The number of hydrogen-bond donors (Lipinski definition) is 0. The Hall–Kier alpha value is -5.60. The van der Waals surface area contributed by atoms with E-state index in [-0.39, 0.29) is 10.8 Å². The Morgan fingerprint density at radius 3 is 2.08 bits per heavy atom. The molecule has 7 aromatic rings. The molecule has 51 heavy (non-hydrogen) atoms. The molecule has 0 amide bonds. The molecule has 0 N–H and O–H groups in total. The van der Waals surface area contributed by atoms with Crippen LogP contribution < -0.4 is 9.13 Å². The van der Waals surface area contributed by atoms with Crippen LogP contribution in [0.5, 0.6) is 0 Å². The van der Waals surface area contributed by atoms with E-state index in [2.05, 4.69) is 184 Å². The zero-order chi connectivity index (χ0) is 34.6. The van der Waals surface area contributed by atoms with Gasteiger partial charge in [-0.3, -0.25) is 0 Å². The summed E-state index contributed by atoms with van der Waals surface area (Å²) in [7, 11) is 0. The van der Waals surface area contributed by atoms with Crippen molar-refractivity contribution >= 4 is 22.2 Å². The average molecular weight is 659 g/mol. The lowest BCUT2D eigenvalue weighted by molar-refractivity contribution is -0.602. The second-order valence-corrected chi connectivity index (χ2v) is 16.3. The Labute approximate surface area is 301 Å². The maximum atomic E-state index is 2.55. The molecule has 0 spiro atoms. The average Bonchev–Trinajstić information content (AvgIpc) is 3.38. The van der Waals surface area contributed by atoms with Gasteiger partial charge in [0.25, 0.3) is 11.4 Å². The minimum atomic E-state index is -0.0955. The number of allylic oxidation sites excluding steroid dienone is 2. The predicted molar refractivity (Wildman–Crippen MR) is 210 cm³/mol. The Morgan fingerprint density at radius 2 is 1.25 bits per heavy atom. The van der Waals surface area contributed by atoms with Gasteiger partial charge in [-0.05, 0) is 84.5 Å². The van der Waals surface area contributed by atoms with Crippen molar-refractivity contribution in [3.05, 3.63) is 168 Å². The molecule has 0 saturated carbocycles. The van der Waals surface area contributed by atoms with Gasteiger partial charge >= 0.3 is 0 Å². The first kappa shape index (κ1) is 30.2. The molecule has 2 heteroatoms. The summed E-state index contributed by atoms with van der Waals surface area (Å²) in [6.07, 6.45) is 6.34. The quantitative estimate of drug-likeness (QED) is 0.155. The molecule has 5 aromatic carbocycles. The Bertz CT molecular complexity index is 2630. The van der Waals surface area contributed by atoms with Gasteiger partial charge in [-0.25, -0.2) is 0 Å². The van der Waals surface area contributed by atoms with E-state index in [0.717, 1.165) is 12.8 Å². The molecule has 0 bridgehead atoms.